The first-order chi connectivity index (χ1) is 14.1. The molecule has 0 aliphatic heterocycles. The van der Waals surface area contributed by atoms with Crippen molar-refractivity contribution in [3.63, 3.8) is 0 Å². The predicted octanol–water partition coefficient (Wildman–Crippen LogP) is 5.00. The molecule has 2 aromatic heterocycles. The van der Waals surface area contributed by atoms with Gasteiger partial charge >= 0.3 is 0 Å². The van der Waals surface area contributed by atoms with Gasteiger partial charge in [0.15, 0.2) is 0 Å². The molecule has 1 atom stereocenters. The molecule has 2 heterocycles. The number of halogens is 1. The van der Waals surface area contributed by atoms with Crippen LogP contribution in [-0.2, 0) is 4.79 Å². The van der Waals surface area contributed by atoms with E-state index in [1.54, 1.807) is 24.5 Å². The molecule has 0 aliphatic rings. The van der Waals surface area contributed by atoms with Gasteiger partial charge in [-0.25, -0.2) is 4.39 Å². The highest BCUT2D eigenvalue weighted by Crippen LogP contribution is 2.31. The van der Waals surface area contributed by atoms with E-state index in [1.165, 1.54) is 23.9 Å². The van der Waals surface area contributed by atoms with Crippen molar-refractivity contribution in [3.05, 3.63) is 78.5 Å². The Kier molecular flexibility index (Phi) is 5.57. The molecule has 1 unspecified atom stereocenters. The summed E-state index contributed by atoms with van der Waals surface area (Å²) in [4.78, 5) is 12.3. The fraction of sp³-hybridized carbons (Fsp3) is 0.136. The van der Waals surface area contributed by atoms with Crippen molar-refractivity contribution in [2.75, 3.05) is 5.75 Å². The molecule has 0 saturated heterocycles. The van der Waals surface area contributed by atoms with E-state index >= 15 is 0 Å². The second-order valence-corrected chi connectivity index (χ2v) is 7.46. The van der Waals surface area contributed by atoms with Crippen molar-refractivity contribution in [1.29, 1.82) is 0 Å². The van der Waals surface area contributed by atoms with Gasteiger partial charge in [0, 0.05) is 16.3 Å². The fourth-order valence-corrected chi connectivity index (χ4v) is 3.82. The minimum atomic E-state index is -0.298. The minimum Gasteiger partial charge on any atom is -0.467 e. The molecule has 1 N–H and O–H groups in total. The van der Waals surface area contributed by atoms with Crippen LogP contribution in [0, 0.1) is 5.82 Å². The highest BCUT2D eigenvalue weighted by atomic mass is 32.2. The third kappa shape index (κ3) is 4.30. The van der Waals surface area contributed by atoms with Crippen LogP contribution in [0.15, 0.2) is 76.4 Å². The molecule has 1 amide bonds. The Morgan fingerprint density at radius 3 is 2.55 bits per heavy atom. The van der Waals surface area contributed by atoms with Crippen LogP contribution >= 0.6 is 11.8 Å². The molecule has 4 rings (SSSR count). The fourth-order valence-electron chi connectivity index (χ4n) is 3.03. The van der Waals surface area contributed by atoms with Gasteiger partial charge in [-0.15, -0.1) is 10.2 Å². The topological polar surface area (TPSA) is 68.0 Å². The molecule has 0 bridgehead atoms. The number of carbonyl (C=O) groups excluding carboxylic acids is 1. The number of nitrogens with zero attached hydrogens (tertiary/aromatic N) is 2. The Hall–Kier alpha value is -3.19. The summed E-state index contributed by atoms with van der Waals surface area (Å²) in [6.45, 7) is 1.87. The van der Waals surface area contributed by atoms with Crippen LogP contribution < -0.4 is 5.32 Å². The van der Waals surface area contributed by atoms with Crippen LogP contribution in [0.4, 0.5) is 4.39 Å². The molecule has 0 fully saturated rings. The van der Waals surface area contributed by atoms with Gasteiger partial charge in [0.25, 0.3) is 0 Å². The van der Waals surface area contributed by atoms with E-state index in [-0.39, 0.29) is 23.5 Å². The highest BCUT2D eigenvalue weighted by Gasteiger charge is 2.15. The summed E-state index contributed by atoms with van der Waals surface area (Å²) in [5.74, 6) is 0.497. The first-order valence-corrected chi connectivity index (χ1v) is 10.1. The number of aromatic nitrogens is 2. The lowest BCUT2D eigenvalue weighted by Crippen LogP contribution is -2.27. The molecule has 0 radical (unpaired) electrons. The lowest BCUT2D eigenvalue weighted by Gasteiger charge is -2.12. The van der Waals surface area contributed by atoms with Crippen LogP contribution in [0.2, 0.25) is 0 Å². The Balaban J connectivity index is 1.53. The Bertz CT molecular complexity index is 1130. The van der Waals surface area contributed by atoms with E-state index in [4.69, 9.17) is 4.42 Å². The summed E-state index contributed by atoms with van der Waals surface area (Å²) in [5, 5.41) is 14.1. The second-order valence-electron chi connectivity index (χ2n) is 6.50. The number of fused-ring (bicyclic) bond motifs is 1. The molecule has 0 saturated carbocycles. The summed E-state index contributed by atoms with van der Waals surface area (Å²) in [7, 11) is 0. The number of benzene rings is 2. The third-order valence-corrected chi connectivity index (χ3v) is 5.44. The number of hydrogen-bond acceptors (Lipinski definition) is 5. The molecular formula is C22H18FN3O2S. The van der Waals surface area contributed by atoms with Crippen LogP contribution in [0.1, 0.15) is 18.7 Å². The molecule has 7 heteroatoms. The molecule has 0 spiro atoms. The van der Waals surface area contributed by atoms with Gasteiger partial charge in [0.2, 0.25) is 5.91 Å². The highest BCUT2D eigenvalue weighted by molar-refractivity contribution is 8.00. The largest absolute Gasteiger partial charge is 0.467 e. The molecule has 146 valence electrons. The molecule has 2 aromatic carbocycles. The maximum atomic E-state index is 13.3. The van der Waals surface area contributed by atoms with Crippen LogP contribution in [-0.4, -0.2) is 21.9 Å². The zero-order valence-electron chi connectivity index (χ0n) is 15.6. The zero-order chi connectivity index (χ0) is 20.2. The molecule has 29 heavy (non-hydrogen) atoms. The Morgan fingerprint density at radius 1 is 1.07 bits per heavy atom. The lowest BCUT2D eigenvalue weighted by atomic mass is 10.1. The quantitative estimate of drug-likeness (QED) is 0.456. The van der Waals surface area contributed by atoms with Gasteiger partial charge in [-0.3, -0.25) is 4.79 Å². The number of amides is 1. The van der Waals surface area contributed by atoms with Gasteiger partial charge in [0.05, 0.1) is 18.1 Å². The number of carbonyl (C=O) groups is 1. The standard InChI is InChI=1S/C22H18FN3O2S/c1-14(19-7-4-12-28-19)24-20(27)13-29-22-18-6-3-2-5-17(18)21(25-26-22)15-8-10-16(23)11-9-15/h2-12,14H,13H2,1H3,(H,24,27). The summed E-state index contributed by atoms with van der Waals surface area (Å²) in [6.07, 6.45) is 1.58. The molecular weight excluding hydrogens is 389 g/mol. The Morgan fingerprint density at radius 2 is 1.83 bits per heavy atom. The molecule has 0 aliphatic carbocycles. The van der Waals surface area contributed by atoms with E-state index in [0.29, 0.717) is 16.5 Å². The van der Waals surface area contributed by atoms with Gasteiger partial charge in [-0.2, -0.15) is 0 Å². The average molecular weight is 407 g/mol. The van der Waals surface area contributed by atoms with Crippen molar-refractivity contribution >= 4 is 28.4 Å². The summed E-state index contributed by atoms with van der Waals surface area (Å²) < 4.78 is 18.6. The van der Waals surface area contributed by atoms with E-state index in [0.717, 1.165) is 16.3 Å². The summed E-state index contributed by atoms with van der Waals surface area (Å²) in [6, 6.07) is 17.3. The van der Waals surface area contributed by atoms with E-state index in [1.807, 2.05) is 37.3 Å². The lowest BCUT2D eigenvalue weighted by molar-refractivity contribution is -0.119. The van der Waals surface area contributed by atoms with E-state index in [9.17, 15) is 9.18 Å². The smallest absolute Gasteiger partial charge is 0.231 e. The van der Waals surface area contributed by atoms with Gasteiger partial charge in [0.1, 0.15) is 22.3 Å². The summed E-state index contributed by atoms with van der Waals surface area (Å²) in [5.41, 5.74) is 1.47. The van der Waals surface area contributed by atoms with E-state index < -0.39 is 0 Å². The number of nitrogens with one attached hydrogen (secondary N) is 1. The number of thioether (sulfide) groups is 1. The maximum Gasteiger partial charge on any atom is 0.231 e. The van der Waals surface area contributed by atoms with Crippen LogP contribution in [0.5, 0.6) is 0 Å². The second kappa shape index (κ2) is 8.45. The third-order valence-electron chi connectivity index (χ3n) is 4.46. The van der Waals surface area contributed by atoms with Crippen LogP contribution in [0.3, 0.4) is 0 Å². The maximum absolute atomic E-state index is 13.3. The van der Waals surface area contributed by atoms with Crippen LogP contribution in [0.25, 0.3) is 22.0 Å². The SMILES string of the molecule is CC(NC(=O)CSc1nnc(-c2ccc(F)cc2)c2ccccc12)c1ccco1. The number of furan rings is 1. The Labute approximate surface area is 171 Å². The molecule has 5 nitrogen and oxygen atoms in total. The minimum absolute atomic E-state index is 0.118. The van der Waals surface area contributed by atoms with Gasteiger partial charge in [-0.1, -0.05) is 36.0 Å². The average Bonchev–Trinajstić information content (AvgIpc) is 3.28. The van der Waals surface area contributed by atoms with Crippen molar-refractivity contribution in [2.24, 2.45) is 0 Å². The monoisotopic (exact) mass is 407 g/mol. The first kappa shape index (κ1) is 19.1. The first-order valence-electron chi connectivity index (χ1n) is 9.09. The molecule has 4 aromatic rings. The van der Waals surface area contributed by atoms with Gasteiger partial charge in [-0.05, 0) is 43.3 Å². The van der Waals surface area contributed by atoms with Crippen molar-refractivity contribution in [2.45, 2.75) is 18.0 Å². The van der Waals surface area contributed by atoms with Crippen molar-refractivity contribution < 1.29 is 13.6 Å². The predicted molar refractivity (Wildman–Crippen MR) is 111 cm³/mol. The van der Waals surface area contributed by atoms with Crippen molar-refractivity contribution in [1.82, 2.24) is 15.5 Å². The van der Waals surface area contributed by atoms with Gasteiger partial charge < -0.3 is 9.73 Å². The number of hydrogen-bond donors (Lipinski definition) is 1. The number of rotatable bonds is 6. The van der Waals surface area contributed by atoms with E-state index in [2.05, 4.69) is 15.5 Å². The van der Waals surface area contributed by atoms with Crippen molar-refractivity contribution in [3.8, 4) is 11.3 Å². The summed E-state index contributed by atoms with van der Waals surface area (Å²) >= 11 is 1.33. The zero-order valence-corrected chi connectivity index (χ0v) is 16.4. The normalized spacial score (nSPS) is 12.1.